The zero-order valence-electron chi connectivity index (χ0n) is 10.3. The number of benzene rings is 2. The van der Waals surface area contributed by atoms with Crippen LogP contribution in [-0.2, 0) is 5.33 Å². The summed E-state index contributed by atoms with van der Waals surface area (Å²) >= 11 is 3.48. The van der Waals surface area contributed by atoms with Gasteiger partial charge in [0, 0.05) is 5.33 Å². The van der Waals surface area contributed by atoms with Gasteiger partial charge >= 0.3 is 0 Å². The summed E-state index contributed by atoms with van der Waals surface area (Å²) in [5.41, 5.74) is 5.39. The highest BCUT2D eigenvalue weighted by atomic mass is 79.9. The third-order valence-electron chi connectivity index (χ3n) is 3.00. The summed E-state index contributed by atoms with van der Waals surface area (Å²) in [5, 5.41) is 0.916. The van der Waals surface area contributed by atoms with Crippen molar-refractivity contribution < 1.29 is 0 Å². The summed E-state index contributed by atoms with van der Waals surface area (Å²) < 4.78 is 0. The lowest BCUT2D eigenvalue weighted by atomic mass is 9.92. The standard InChI is InChI=1S/C16H17Br/c1-12(2)15-5-3-4-6-16(15)14-9-7-13(11-17)8-10-14/h3-10,12H,11H2,1-2H3. The molecule has 0 atom stereocenters. The maximum atomic E-state index is 3.48. The molecule has 0 unspecified atom stereocenters. The first-order chi connectivity index (χ1) is 8.22. The summed E-state index contributed by atoms with van der Waals surface area (Å²) in [4.78, 5) is 0. The second-order valence-electron chi connectivity index (χ2n) is 4.57. The first kappa shape index (κ1) is 12.4. The highest BCUT2D eigenvalue weighted by Gasteiger charge is 2.07. The number of hydrogen-bond acceptors (Lipinski definition) is 0. The summed E-state index contributed by atoms with van der Waals surface area (Å²) in [6.45, 7) is 4.48. The van der Waals surface area contributed by atoms with E-state index in [1.165, 1.54) is 22.3 Å². The van der Waals surface area contributed by atoms with Crippen molar-refractivity contribution >= 4 is 15.9 Å². The fourth-order valence-corrected chi connectivity index (χ4v) is 2.41. The van der Waals surface area contributed by atoms with Crippen LogP contribution < -0.4 is 0 Å². The molecule has 2 rings (SSSR count). The van der Waals surface area contributed by atoms with Crippen molar-refractivity contribution in [3.8, 4) is 11.1 Å². The van der Waals surface area contributed by atoms with Gasteiger partial charge in [-0.25, -0.2) is 0 Å². The Kier molecular flexibility index (Phi) is 4.01. The number of alkyl halides is 1. The lowest BCUT2D eigenvalue weighted by Gasteiger charge is -2.13. The minimum Gasteiger partial charge on any atom is -0.0876 e. The van der Waals surface area contributed by atoms with Crippen molar-refractivity contribution in [3.05, 3.63) is 59.7 Å². The molecule has 0 aliphatic rings. The molecule has 88 valence electrons. The van der Waals surface area contributed by atoms with Crippen LogP contribution in [0.4, 0.5) is 0 Å². The molecule has 1 heteroatoms. The van der Waals surface area contributed by atoms with E-state index in [1.807, 2.05) is 0 Å². The molecule has 0 aromatic heterocycles. The maximum Gasteiger partial charge on any atom is 0.0283 e. The SMILES string of the molecule is CC(C)c1ccccc1-c1ccc(CBr)cc1. The topological polar surface area (TPSA) is 0 Å². The molecular weight excluding hydrogens is 272 g/mol. The average Bonchev–Trinajstić information content (AvgIpc) is 2.39. The Balaban J connectivity index is 2.45. The van der Waals surface area contributed by atoms with Crippen molar-refractivity contribution in [1.29, 1.82) is 0 Å². The summed E-state index contributed by atoms with van der Waals surface area (Å²) in [7, 11) is 0. The quantitative estimate of drug-likeness (QED) is 0.666. The Morgan fingerprint density at radius 2 is 1.59 bits per heavy atom. The molecule has 0 spiro atoms. The molecular formula is C16H17Br. The molecule has 0 heterocycles. The van der Waals surface area contributed by atoms with Gasteiger partial charge in [0.2, 0.25) is 0 Å². The molecule has 0 amide bonds. The Morgan fingerprint density at radius 1 is 0.941 bits per heavy atom. The molecule has 0 aliphatic heterocycles. The van der Waals surface area contributed by atoms with Gasteiger partial charge in [0.1, 0.15) is 0 Å². The van der Waals surface area contributed by atoms with E-state index >= 15 is 0 Å². The highest BCUT2D eigenvalue weighted by molar-refractivity contribution is 9.08. The van der Waals surface area contributed by atoms with E-state index in [4.69, 9.17) is 0 Å². The Bertz CT molecular complexity index is 483. The van der Waals surface area contributed by atoms with Gasteiger partial charge < -0.3 is 0 Å². The summed E-state index contributed by atoms with van der Waals surface area (Å²) in [5.74, 6) is 0.557. The van der Waals surface area contributed by atoms with E-state index in [2.05, 4.69) is 78.3 Å². The van der Waals surface area contributed by atoms with Crippen LogP contribution in [0.3, 0.4) is 0 Å². The van der Waals surface area contributed by atoms with Gasteiger partial charge in [-0.2, -0.15) is 0 Å². The van der Waals surface area contributed by atoms with Crippen LogP contribution in [-0.4, -0.2) is 0 Å². The zero-order chi connectivity index (χ0) is 12.3. The largest absolute Gasteiger partial charge is 0.0876 e. The normalized spacial score (nSPS) is 10.8. The Morgan fingerprint density at radius 3 is 2.18 bits per heavy atom. The first-order valence-electron chi connectivity index (χ1n) is 5.96. The minimum absolute atomic E-state index is 0.557. The van der Waals surface area contributed by atoms with Gasteiger partial charge in [0.05, 0.1) is 0 Å². The van der Waals surface area contributed by atoms with E-state index in [1.54, 1.807) is 0 Å². The van der Waals surface area contributed by atoms with Crippen LogP contribution in [0, 0.1) is 0 Å². The van der Waals surface area contributed by atoms with Crippen LogP contribution in [0.25, 0.3) is 11.1 Å². The van der Waals surface area contributed by atoms with Crippen molar-refractivity contribution in [2.24, 2.45) is 0 Å². The highest BCUT2D eigenvalue weighted by Crippen LogP contribution is 2.29. The fourth-order valence-electron chi connectivity index (χ4n) is 2.04. The van der Waals surface area contributed by atoms with E-state index < -0.39 is 0 Å². The summed E-state index contributed by atoms with van der Waals surface area (Å²) in [6, 6.07) is 17.4. The zero-order valence-corrected chi connectivity index (χ0v) is 11.9. The number of halogens is 1. The predicted octanol–water partition coefficient (Wildman–Crippen LogP) is 5.37. The van der Waals surface area contributed by atoms with Crippen LogP contribution >= 0.6 is 15.9 Å². The first-order valence-corrected chi connectivity index (χ1v) is 7.08. The fraction of sp³-hybridized carbons (Fsp3) is 0.250. The van der Waals surface area contributed by atoms with Gasteiger partial charge in [-0.1, -0.05) is 78.3 Å². The Labute approximate surface area is 112 Å². The second-order valence-corrected chi connectivity index (χ2v) is 5.13. The minimum atomic E-state index is 0.557. The maximum absolute atomic E-state index is 3.48. The predicted molar refractivity (Wildman–Crippen MR) is 78.6 cm³/mol. The van der Waals surface area contributed by atoms with Gasteiger partial charge in [0.25, 0.3) is 0 Å². The van der Waals surface area contributed by atoms with Gasteiger partial charge in [-0.05, 0) is 28.2 Å². The van der Waals surface area contributed by atoms with E-state index in [9.17, 15) is 0 Å². The van der Waals surface area contributed by atoms with Gasteiger partial charge in [0.15, 0.2) is 0 Å². The van der Waals surface area contributed by atoms with Crippen LogP contribution in [0.5, 0.6) is 0 Å². The van der Waals surface area contributed by atoms with Crippen molar-refractivity contribution in [1.82, 2.24) is 0 Å². The second kappa shape index (κ2) is 5.50. The Hall–Kier alpha value is -1.08. The van der Waals surface area contributed by atoms with Gasteiger partial charge in [-0.3, -0.25) is 0 Å². The van der Waals surface area contributed by atoms with Crippen molar-refractivity contribution in [2.75, 3.05) is 0 Å². The number of hydrogen-bond donors (Lipinski definition) is 0. The third kappa shape index (κ3) is 2.78. The molecule has 0 saturated carbocycles. The molecule has 2 aromatic rings. The molecule has 0 fully saturated rings. The van der Waals surface area contributed by atoms with Gasteiger partial charge in [-0.15, -0.1) is 0 Å². The summed E-state index contributed by atoms with van der Waals surface area (Å²) in [6.07, 6.45) is 0. The third-order valence-corrected chi connectivity index (χ3v) is 3.65. The van der Waals surface area contributed by atoms with Crippen LogP contribution in [0.15, 0.2) is 48.5 Å². The molecule has 2 aromatic carbocycles. The van der Waals surface area contributed by atoms with E-state index in [0.29, 0.717) is 5.92 Å². The molecule has 0 bridgehead atoms. The molecule has 17 heavy (non-hydrogen) atoms. The molecule has 0 N–H and O–H groups in total. The lowest BCUT2D eigenvalue weighted by molar-refractivity contribution is 0.869. The molecule has 0 nitrogen and oxygen atoms in total. The lowest BCUT2D eigenvalue weighted by Crippen LogP contribution is -1.91. The molecule has 0 saturated heterocycles. The van der Waals surface area contributed by atoms with E-state index in [-0.39, 0.29) is 0 Å². The molecule has 0 radical (unpaired) electrons. The van der Waals surface area contributed by atoms with E-state index in [0.717, 1.165) is 5.33 Å². The molecule has 0 aliphatic carbocycles. The van der Waals surface area contributed by atoms with Crippen molar-refractivity contribution in [2.45, 2.75) is 25.1 Å². The van der Waals surface area contributed by atoms with Crippen molar-refractivity contribution in [3.63, 3.8) is 0 Å². The number of rotatable bonds is 3. The smallest absolute Gasteiger partial charge is 0.0283 e. The van der Waals surface area contributed by atoms with Crippen LogP contribution in [0.2, 0.25) is 0 Å². The average molecular weight is 289 g/mol. The monoisotopic (exact) mass is 288 g/mol. The van der Waals surface area contributed by atoms with Crippen LogP contribution in [0.1, 0.15) is 30.9 Å².